The van der Waals surface area contributed by atoms with E-state index in [2.05, 4.69) is 29.1 Å². The first kappa shape index (κ1) is 10.6. The molecule has 1 N–H and O–H groups in total. The zero-order chi connectivity index (χ0) is 11.4. The van der Waals surface area contributed by atoms with Crippen molar-refractivity contribution >= 4 is 5.69 Å². The van der Waals surface area contributed by atoms with E-state index in [9.17, 15) is 0 Å². The number of nitrogens with zero attached hydrogens (tertiary/aromatic N) is 2. The molecule has 0 saturated heterocycles. The zero-order valence-corrected chi connectivity index (χ0v) is 9.57. The van der Waals surface area contributed by atoms with E-state index in [-0.39, 0.29) is 0 Å². The van der Waals surface area contributed by atoms with Crippen LogP contribution in [0.2, 0.25) is 0 Å². The van der Waals surface area contributed by atoms with E-state index in [0.29, 0.717) is 0 Å². The van der Waals surface area contributed by atoms with Gasteiger partial charge in [-0.05, 0) is 42.7 Å². The Hall–Kier alpha value is -1.90. The third-order valence-electron chi connectivity index (χ3n) is 2.72. The van der Waals surface area contributed by atoms with Crippen molar-refractivity contribution in [2.75, 3.05) is 5.32 Å². The fourth-order valence-electron chi connectivity index (χ4n) is 1.53. The van der Waals surface area contributed by atoms with Crippen molar-refractivity contribution in [2.45, 2.75) is 20.4 Å². The molecule has 2 aromatic heterocycles. The minimum Gasteiger partial charge on any atom is -0.380 e. The van der Waals surface area contributed by atoms with Crippen LogP contribution in [-0.4, -0.2) is 9.97 Å². The van der Waals surface area contributed by atoms with Gasteiger partial charge in [-0.2, -0.15) is 0 Å². The molecule has 0 aliphatic heterocycles. The van der Waals surface area contributed by atoms with Crippen LogP contribution in [0.15, 0.2) is 36.9 Å². The van der Waals surface area contributed by atoms with Crippen molar-refractivity contribution in [1.82, 2.24) is 9.97 Å². The maximum atomic E-state index is 4.20. The molecule has 0 aliphatic rings. The maximum Gasteiger partial charge on any atom is 0.0529 e. The molecule has 3 nitrogen and oxygen atoms in total. The van der Waals surface area contributed by atoms with Gasteiger partial charge < -0.3 is 5.32 Å². The third-order valence-corrected chi connectivity index (χ3v) is 2.72. The van der Waals surface area contributed by atoms with Crippen molar-refractivity contribution < 1.29 is 0 Å². The van der Waals surface area contributed by atoms with Crippen molar-refractivity contribution in [2.24, 2.45) is 0 Å². The minimum absolute atomic E-state index is 0.784. The van der Waals surface area contributed by atoms with E-state index in [1.807, 2.05) is 30.7 Å². The van der Waals surface area contributed by atoms with Crippen LogP contribution in [0.25, 0.3) is 0 Å². The van der Waals surface area contributed by atoms with Gasteiger partial charge in [-0.1, -0.05) is 0 Å². The normalized spacial score (nSPS) is 10.1. The van der Waals surface area contributed by atoms with Crippen molar-refractivity contribution in [1.29, 1.82) is 0 Å². The van der Waals surface area contributed by atoms with Gasteiger partial charge in [0.2, 0.25) is 0 Å². The third kappa shape index (κ3) is 2.37. The highest BCUT2D eigenvalue weighted by molar-refractivity contribution is 5.41. The lowest BCUT2D eigenvalue weighted by molar-refractivity contribution is 1.06. The van der Waals surface area contributed by atoms with Crippen molar-refractivity contribution in [3.05, 3.63) is 53.6 Å². The standard InChI is InChI=1S/C13H15N3/c1-10-6-15-7-12(11(10)2)8-16-13-4-3-5-14-9-13/h3-7,9,16H,8H2,1-2H3. The van der Waals surface area contributed by atoms with Crippen molar-refractivity contribution in [3.8, 4) is 0 Å². The Morgan fingerprint density at radius 1 is 1.12 bits per heavy atom. The summed E-state index contributed by atoms with van der Waals surface area (Å²) in [5, 5.41) is 3.33. The van der Waals surface area contributed by atoms with Crippen LogP contribution in [0.3, 0.4) is 0 Å². The average molecular weight is 213 g/mol. The SMILES string of the molecule is Cc1cncc(CNc2cccnc2)c1C. The molecule has 0 amide bonds. The molecule has 3 heteroatoms. The molecule has 0 unspecified atom stereocenters. The van der Waals surface area contributed by atoms with Gasteiger partial charge in [-0.15, -0.1) is 0 Å². The highest BCUT2D eigenvalue weighted by Crippen LogP contribution is 2.13. The lowest BCUT2D eigenvalue weighted by Crippen LogP contribution is -2.03. The van der Waals surface area contributed by atoms with Gasteiger partial charge in [0.1, 0.15) is 0 Å². The molecule has 0 saturated carbocycles. The zero-order valence-electron chi connectivity index (χ0n) is 9.57. The van der Waals surface area contributed by atoms with E-state index in [1.165, 1.54) is 16.7 Å². The smallest absolute Gasteiger partial charge is 0.0529 e. The minimum atomic E-state index is 0.784. The van der Waals surface area contributed by atoms with Crippen molar-refractivity contribution in [3.63, 3.8) is 0 Å². The van der Waals surface area contributed by atoms with Gasteiger partial charge in [0, 0.05) is 31.3 Å². The monoisotopic (exact) mass is 213 g/mol. The van der Waals surface area contributed by atoms with E-state index in [1.54, 1.807) is 6.20 Å². The Kier molecular flexibility index (Phi) is 3.15. The molecule has 0 aliphatic carbocycles. The molecule has 0 atom stereocenters. The van der Waals surface area contributed by atoms with Gasteiger partial charge in [0.05, 0.1) is 5.69 Å². The van der Waals surface area contributed by atoms with E-state index in [4.69, 9.17) is 0 Å². The van der Waals surface area contributed by atoms with E-state index >= 15 is 0 Å². The molecule has 2 rings (SSSR count). The van der Waals surface area contributed by atoms with Gasteiger partial charge in [0.15, 0.2) is 0 Å². The number of pyridine rings is 2. The van der Waals surface area contributed by atoms with Gasteiger partial charge >= 0.3 is 0 Å². The second kappa shape index (κ2) is 4.75. The first-order valence-corrected chi connectivity index (χ1v) is 5.31. The predicted octanol–water partition coefficient (Wildman–Crippen LogP) is 2.71. The molecule has 16 heavy (non-hydrogen) atoms. The Morgan fingerprint density at radius 2 is 2.00 bits per heavy atom. The highest BCUT2D eigenvalue weighted by atomic mass is 14.9. The quantitative estimate of drug-likeness (QED) is 0.851. The second-order valence-corrected chi connectivity index (χ2v) is 3.84. The summed E-state index contributed by atoms with van der Waals surface area (Å²) < 4.78 is 0. The number of rotatable bonds is 3. The summed E-state index contributed by atoms with van der Waals surface area (Å²) in [6, 6.07) is 3.93. The topological polar surface area (TPSA) is 37.8 Å². The first-order valence-electron chi connectivity index (χ1n) is 5.31. The van der Waals surface area contributed by atoms with E-state index in [0.717, 1.165) is 12.2 Å². The number of nitrogens with one attached hydrogen (secondary N) is 1. The number of aromatic nitrogens is 2. The van der Waals surface area contributed by atoms with Crippen LogP contribution in [-0.2, 0) is 6.54 Å². The summed E-state index contributed by atoms with van der Waals surface area (Å²) in [5.74, 6) is 0. The molecule has 82 valence electrons. The molecule has 0 aromatic carbocycles. The summed E-state index contributed by atoms with van der Waals surface area (Å²) in [4.78, 5) is 8.26. The number of hydrogen-bond acceptors (Lipinski definition) is 3. The first-order chi connectivity index (χ1) is 7.77. The van der Waals surface area contributed by atoms with Gasteiger partial charge in [0.25, 0.3) is 0 Å². The molecular formula is C13H15N3. The van der Waals surface area contributed by atoms with Crippen LogP contribution >= 0.6 is 0 Å². The lowest BCUT2D eigenvalue weighted by atomic mass is 10.1. The molecule has 0 radical (unpaired) electrons. The molecule has 0 spiro atoms. The summed E-state index contributed by atoms with van der Waals surface area (Å²) >= 11 is 0. The average Bonchev–Trinajstić information content (AvgIpc) is 2.32. The molecule has 2 aromatic rings. The maximum absolute atomic E-state index is 4.20. The summed E-state index contributed by atoms with van der Waals surface area (Å²) in [7, 11) is 0. The van der Waals surface area contributed by atoms with Crippen LogP contribution in [0.1, 0.15) is 16.7 Å². The fourth-order valence-corrected chi connectivity index (χ4v) is 1.53. The Bertz CT molecular complexity index is 466. The Balaban J connectivity index is 2.08. The lowest BCUT2D eigenvalue weighted by Gasteiger charge is -2.09. The predicted molar refractivity (Wildman–Crippen MR) is 65.3 cm³/mol. The summed E-state index contributed by atoms with van der Waals surface area (Å²) in [6.45, 7) is 4.99. The van der Waals surface area contributed by atoms with Gasteiger partial charge in [-0.3, -0.25) is 9.97 Å². The van der Waals surface area contributed by atoms with Crippen LogP contribution in [0, 0.1) is 13.8 Å². The second-order valence-electron chi connectivity index (χ2n) is 3.84. The summed E-state index contributed by atoms with van der Waals surface area (Å²) in [6.07, 6.45) is 7.39. The Labute approximate surface area is 95.6 Å². The Morgan fingerprint density at radius 3 is 2.75 bits per heavy atom. The van der Waals surface area contributed by atoms with Crippen LogP contribution in [0.4, 0.5) is 5.69 Å². The highest BCUT2D eigenvalue weighted by Gasteiger charge is 2.01. The van der Waals surface area contributed by atoms with Crippen LogP contribution in [0.5, 0.6) is 0 Å². The van der Waals surface area contributed by atoms with Crippen LogP contribution < -0.4 is 5.32 Å². The largest absolute Gasteiger partial charge is 0.380 e. The number of hydrogen-bond donors (Lipinski definition) is 1. The molecule has 2 heterocycles. The van der Waals surface area contributed by atoms with E-state index < -0.39 is 0 Å². The fraction of sp³-hybridized carbons (Fsp3) is 0.231. The molecule has 0 fully saturated rings. The number of anilines is 1. The molecule has 0 bridgehead atoms. The van der Waals surface area contributed by atoms with Gasteiger partial charge in [-0.25, -0.2) is 0 Å². The summed E-state index contributed by atoms with van der Waals surface area (Å²) in [5.41, 5.74) is 4.78. The molecular weight excluding hydrogens is 198 g/mol. The number of aryl methyl sites for hydroxylation is 1.